The molecule has 0 unspecified atom stereocenters. The molecule has 1 fully saturated rings. The summed E-state index contributed by atoms with van der Waals surface area (Å²) in [6.07, 6.45) is 7.03. The molecule has 1 aliphatic rings. The Morgan fingerprint density at radius 1 is 1.00 bits per heavy atom. The summed E-state index contributed by atoms with van der Waals surface area (Å²) in [6.45, 7) is 3.25. The van der Waals surface area contributed by atoms with E-state index in [0.717, 1.165) is 52.4 Å². The van der Waals surface area contributed by atoms with Crippen molar-refractivity contribution in [3.05, 3.63) is 83.9 Å². The van der Waals surface area contributed by atoms with Gasteiger partial charge >= 0.3 is 0 Å². The Morgan fingerprint density at radius 2 is 1.67 bits per heavy atom. The van der Waals surface area contributed by atoms with Crippen LogP contribution in [0.25, 0.3) is 0 Å². The number of carbonyl (C=O) groups is 2. The number of methoxy groups -OCH3 is 1. The minimum Gasteiger partial charge on any atom is -0.497 e. The van der Waals surface area contributed by atoms with Crippen molar-refractivity contribution in [2.45, 2.75) is 74.4 Å². The molecule has 0 radical (unpaired) electrons. The van der Waals surface area contributed by atoms with Crippen molar-refractivity contribution in [1.82, 2.24) is 10.2 Å². The molecule has 8 nitrogen and oxygen atoms in total. The number of sulfonamides is 1. The Hall–Kier alpha value is -3.50. The van der Waals surface area contributed by atoms with Crippen molar-refractivity contribution < 1.29 is 22.7 Å². The van der Waals surface area contributed by atoms with Gasteiger partial charge in [-0.2, -0.15) is 0 Å². The average molecular weight is 624 g/mol. The Balaban J connectivity index is 1.68. The Morgan fingerprint density at radius 3 is 2.30 bits per heavy atom. The molecule has 1 saturated carbocycles. The van der Waals surface area contributed by atoms with Crippen LogP contribution in [0.15, 0.2) is 82.6 Å². The smallest absolute Gasteiger partial charge is 0.264 e. The molecule has 0 aliphatic heterocycles. The molecule has 0 saturated heterocycles. The first-order valence-electron chi connectivity index (χ1n) is 14.6. The molecule has 0 bridgehead atoms. The number of ether oxygens (including phenoxy) is 1. The number of hydrogen-bond acceptors (Lipinski definition) is 6. The van der Waals surface area contributed by atoms with Gasteiger partial charge in [0.1, 0.15) is 18.3 Å². The SMILES string of the molecule is COc1cccc(CN(C(=O)CN(c2ccc(C)cc2)S(=O)(=O)c2ccc(SC)cc2)[C@H](C)C(=O)NC2CCCCC2)c1. The van der Waals surface area contributed by atoms with Gasteiger partial charge < -0.3 is 15.0 Å². The maximum atomic E-state index is 14.2. The molecular weight excluding hydrogens is 583 g/mol. The molecule has 10 heteroatoms. The molecule has 43 heavy (non-hydrogen) atoms. The van der Waals surface area contributed by atoms with Crippen LogP contribution in [0.2, 0.25) is 0 Å². The van der Waals surface area contributed by atoms with Gasteiger partial charge in [0.2, 0.25) is 11.8 Å². The lowest BCUT2D eigenvalue weighted by molar-refractivity contribution is -0.139. The average Bonchev–Trinajstić information content (AvgIpc) is 3.03. The first kappa shape index (κ1) is 32.4. The highest BCUT2D eigenvalue weighted by molar-refractivity contribution is 7.98. The molecule has 2 amide bonds. The van der Waals surface area contributed by atoms with Crippen molar-refractivity contribution in [2.24, 2.45) is 0 Å². The number of anilines is 1. The fourth-order valence-corrected chi connectivity index (χ4v) is 7.06. The van der Waals surface area contributed by atoms with Gasteiger partial charge in [-0.05, 0) is 87.0 Å². The summed E-state index contributed by atoms with van der Waals surface area (Å²) in [5, 5.41) is 3.13. The van der Waals surface area contributed by atoms with E-state index in [9.17, 15) is 18.0 Å². The van der Waals surface area contributed by atoms with Crippen LogP contribution in [0.5, 0.6) is 5.75 Å². The number of hydrogen-bond donors (Lipinski definition) is 1. The third-order valence-electron chi connectivity index (χ3n) is 7.85. The summed E-state index contributed by atoms with van der Waals surface area (Å²) < 4.78 is 34.6. The Bertz CT molecular complexity index is 1490. The van der Waals surface area contributed by atoms with Crippen LogP contribution in [0.4, 0.5) is 5.69 Å². The van der Waals surface area contributed by atoms with Crippen molar-refractivity contribution in [3.8, 4) is 5.75 Å². The van der Waals surface area contributed by atoms with Gasteiger partial charge in [-0.1, -0.05) is 49.1 Å². The second kappa shape index (κ2) is 14.8. The van der Waals surface area contributed by atoms with Gasteiger partial charge in [0.05, 0.1) is 17.7 Å². The van der Waals surface area contributed by atoms with E-state index in [1.807, 2.05) is 49.6 Å². The normalized spacial score (nSPS) is 14.5. The van der Waals surface area contributed by atoms with E-state index in [1.165, 1.54) is 16.7 Å². The quantitative estimate of drug-likeness (QED) is 0.257. The van der Waals surface area contributed by atoms with Crippen molar-refractivity contribution in [1.29, 1.82) is 0 Å². The monoisotopic (exact) mass is 623 g/mol. The molecule has 1 atom stereocenters. The van der Waals surface area contributed by atoms with E-state index in [-0.39, 0.29) is 23.4 Å². The summed E-state index contributed by atoms with van der Waals surface area (Å²) in [5.41, 5.74) is 2.10. The Labute approximate surface area is 259 Å². The number of rotatable bonds is 12. The highest BCUT2D eigenvalue weighted by Crippen LogP contribution is 2.27. The standard InChI is InChI=1S/C33H41N3O5S2/c1-24-13-15-28(16-14-24)36(43(39,40)31-19-17-30(42-4)18-20-31)23-32(37)35(22-26-9-8-12-29(21-26)41-3)25(2)33(38)34-27-10-6-5-7-11-27/h8-9,12-21,25,27H,5-7,10-11,22-23H2,1-4H3,(H,34,38)/t25-/m1/s1. The van der Waals surface area contributed by atoms with E-state index < -0.39 is 28.5 Å². The lowest BCUT2D eigenvalue weighted by Crippen LogP contribution is -2.53. The summed E-state index contributed by atoms with van der Waals surface area (Å²) in [5.74, 6) is -0.110. The van der Waals surface area contributed by atoms with Gasteiger partial charge in [-0.3, -0.25) is 13.9 Å². The van der Waals surface area contributed by atoms with Crippen LogP contribution in [-0.2, 0) is 26.2 Å². The fourth-order valence-electron chi connectivity index (χ4n) is 5.23. The van der Waals surface area contributed by atoms with E-state index in [4.69, 9.17) is 4.74 Å². The van der Waals surface area contributed by atoms with Gasteiger partial charge in [-0.25, -0.2) is 8.42 Å². The summed E-state index contributed by atoms with van der Waals surface area (Å²) >= 11 is 1.51. The lowest BCUT2D eigenvalue weighted by Gasteiger charge is -2.33. The van der Waals surface area contributed by atoms with Gasteiger partial charge in [0.15, 0.2) is 0 Å². The van der Waals surface area contributed by atoms with Crippen LogP contribution >= 0.6 is 11.8 Å². The Kier molecular flexibility index (Phi) is 11.2. The number of nitrogens with one attached hydrogen (secondary N) is 1. The predicted octanol–water partition coefficient (Wildman–Crippen LogP) is 5.79. The van der Waals surface area contributed by atoms with Gasteiger partial charge in [-0.15, -0.1) is 11.8 Å². The molecule has 3 aromatic rings. The second-order valence-electron chi connectivity index (χ2n) is 10.9. The number of benzene rings is 3. The molecule has 230 valence electrons. The molecular formula is C33H41N3O5S2. The minimum atomic E-state index is -4.12. The molecule has 0 heterocycles. The number of amides is 2. The van der Waals surface area contributed by atoms with Crippen molar-refractivity contribution in [3.63, 3.8) is 0 Å². The minimum absolute atomic E-state index is 0.0751. The molecule has 1 N–H and O–H groups in total. The van der Waals surface area contributed by atoms with Crippen LogP contribution in [0, 0.1) is 6.92 Å². The van der Waals surface area contributed by atoms with E-state index in [1.54, 1.807) is 50.4 Å². The third kappa shape index (κ3) is 8.32. The maximum Gasteiger partial charge on any atom is 0.264 e. The number of nitrogens with zero attached hydrogens (tertiary/aromatic N) is 2. The van der Waals surface area contributed by atoms with Crippen LogP contribution in [0.1, 0.15) is 50.2 Å². The highest BCUT2D eigenvalue weighted by atomic mass is 32.2. The largest absolute Gasteiger partial charge is 0.497 e. The third-order valence-corrected chi connectivity index (χ3v) is 10.4. The van der Waals surface area contributed by atoms with E-state index >= 15 is 0 Å². The number of aryl methyl sites for hydroxylation is 1. The van der Waals surface area contributed by atoms with Crippen LogP contribution in [0.3, 0.4) is 0 Å². The topological polar surface area (TPSA) is 96.0 Å². The zero-order chi connectivity index (χ0) is 31.0. The molecule has 0 spiro atoms. The molecule has 3 aromatic carbocycles. The first-order chi connectivity index (χ1) is 20.6. The van der Waals surface area contributed by atoms with E-state index in [0.29, 0.717) is 11.4 Å². The van der Waals surface area contributed by atoms with Crippen LogP contribution < -0.4 is 14.4 Å². The zero-order valence-electron chi connectivity index (χ0n) is 25.3. The lowest BCUT2D eigenvalue weighted by atomic mass is 9.95. The highest BCUT2D eigenvalue weighted by Gasteiger charge is 2.33. The predicted molar refractivity (Wildman–Crippen MR) is 172 cm³/mol. The second-order valence-corrected chi connectivity index (χ2v) is 13.7. The molecule has 0 aromatic heterocycles. The molecule has 1 aliphatic carbocycles. The number of thioether (sulfide) groups is 1. The van der Waals surface area contributed by atoms with Crippen LogP contribution in [-0.4, -0.2) is 57.1 Å². The maximum absolute atomic E-state index is 14.2. The summed E-state index contributed by atoms with van der Waals surface area (Å²) in [4.78, 5) is 30.1. The molecule has 4 rings (SSSR count). The van der Waals surface area contributed by atoms with Gasteiger partial charge in [0.25, 0.3) is 10.0 Å². The van der Waals surface area contributed by atoms with Crippen molar-refractivity contribution in [2.75, 3.05) is 24.2 Å². The zero-order valence-corrected chi connectivity index (χ0v) is 26.9. The first-order valence-corrected chi connectivity index (χ1v) is 17.2. The summed E-state index contributed by atoms with van der Waals surface area (Å²) in [6, 6.07) is 20.2. The van der Waals surface area contributed by atoms with Gasteiger partial charge in [0, 0.05) is 17.5 Å². The fraction of sp³-hybridized carbons (Fsp3) is 0.394. The van der Waals surface area contributed by atoms with E-state index in [2.05, 4.69) is 5.32 Å². The van der Waals surface area contributed by atoms with Crippen molar-refractivity contribution >= 4 is 39.3 Å². The summed E-state index contributed by atoms with van der Waals surface area (Å²) in [7, 11) is -2.55. The number of carbonyl (C=O) groups excluding carboxylic acids is 2.